The lowest BCUT2D eigenvalue weighted by Crippen LogP contribution is -2.45. The van der Waals surface area contributed by atoms with Crippen LogP contribution >= 0.6 is 0 Å². The molecule has 3 heteroatoms. The van der Waals surface area contributed by atoms with E-state index in [9.17, 15) is 4.79 Å². The smallest absolute Gasteiger partial charge is 0.239 e. The molecule has 1 heterocycles. The fourth-order valence-electron chi connectivity index (χ4n) is 1.68. The number of hydrogen-bond acceptors (Lipinski definition) is 2. The van der Waals surface area contributed by atoms with Gasteiger partial charge in [0.25, 0.3) is 0 Å². The SMILES string of the molecule is CC(C)CC(N)C(=O)N1CC=CCC1. The molecule has 14 heavy (non-hydrogen) atoms. The minimum atomic E-state index is -0.318. The molecule has 0 spiro atoms. The zero-order valence-corrected chi connectivity index (χ0v) is 9.07. The summed E-state index contributed by atoms with van der Waals surface area (Å²) >= 11 is 0. The molecule has 0 saturated carbocycles. The number of hydrogen-bond donors (Lipinski definition) is 1. The summed E-state index contributed by atoms with van der Waals surface area (Å²) < 4.78 is 0. The van der Waals surface area contributed by atoms with Crippen LogP contribution in [-0.4, -0.2) is 29.9 Å². The van der Waals surface area contributed by atoms with Crippen molar-refractivity contribution in [2.75, 3.05) is 13.1 Å². The third-order valence-corrected chi connectivity index (χ3v) is 2.41. The first-order chi connectivity index (χ1) is 6.61. The van der Waals surface area contributed by atoms with E-state index < -0.39 is 0 Å². The van der Waals surface area contributed by atoms with Crippen LogP contribution in [0.15, 0.2) is 12.2 Å². The van der Waals surface area contributed by atoms with Crippen molar-refractivity contribution in [2.24, 2.45) is 11.7 Å². The van der Waals surface area contributed by atoms with E-state index in [-0.39, 0.29) is 11.9 Å². The fourth-order valence-corrected chi connectivity index (χ4v) is 1.68. The van der Waals surface area contributed by atoms with E-state index in [4.69, 9.17) is 5.73 Å². The van der Waals surface area contributed by atoms with Gasteiger partial charge in [-0.2, -0.15) is 0 Å². The standard InChI is InChI=1S/C11H20N2O/c1-9(2)8-10(12)11(14)13-6-4-3-5-7-13/h3-4,9-10H,5-8,12H2,1-2H3. The monoisotopic (exact) mass is 196 g/mol. The van der Waals surface area contributed by atoms with E-state index in [1.54, 1.807) is 0 Å². The molecule has 80 valence electrons. The molecule has 1 atom stereocenters. The molecule has 1 amide bonds. The molecule has 0 fully saturated rings. The van der Waals surface area contributed by atoms with Crippen molar-refractivity contribution in [3.05, 3.63) is 12.2 Å². The topological polar surface area (TPSA) is 46.3 Å². The number of carbonyl (C=O) groups is 1. The molecule has 2 N–H and O–H groups in total. The Kier molecular flexibility index (Phi) is 4.14. The molecule has 0 saturated heterocycles. The highest BCUT2D eigenvalue weighted by Gasteiger charge is 2.21. The number of carbonyl (C=O) groups excluding carboxylic acids is 1. The molecule has 0 aliphatic carbocycles. The van der Waals surface area contributed by atoms with Crippen LogP contribution in [0.5, 0.6) is 0 Å². The summed E-state index contributed by atoms with van der Waals surface area (Å²) in [6.45, 7) is 5.72. The molecule has 1 aliphatic rings. The van der Waals surface area contributed by atoms with Crippen molar-refractivity contribution in [1.29, 1.82) is 0 Å². The van der Waals surface area contributed by atoms with Crippen LogP contribution in [0.4, 0.5) is 0 Å². The van der Waals surface area contributed by atoms with Gasteiger partial charge in [-0.1, -0.05) is 26.0 Å². The van der Waals surface area contributed by atoms with Crippen molar-refractivity contribution in [1.82, 2.24) is 4.90 Å². The summed E-state index contributed by atoms with van der Waals surface area (Å²) in [6, 6.07) is -0.318. The predicted molar refractivity (Wildman–Crippen MR) is 57.8 cm³/mol. The van der Waals surface area contributed by atoms with Crippen LogP contribution in [0.1, 0.15) is 26.7 Å². The van der Waals surface area contributed by atoms with Crippen molar-refractivity contribution in [2.45, 2.75) is 32.7 Å². The van der Waals surface area contributed by atoms with Gasteiger partial charge in [0.2, 0.25) is 5.91 Å². The normalized spacial score (nSPS) is 18.7. The maximum absolute atomic E-state index is 11.8. The quantitative estimate of drug-likeness (QED) is 0.688. The number of amides is 1. The van der Waals surface area contributed by atoms with E-state index in [0.29, 0.717) is 5.92 Å². The zero-order chi connectivity index (χ0) is 10.6. The van der Waals surface area contributed by atoms with Crippen LogP contribution in [0.25, 0.3) is 0 Å². The number of rotatable bonds is 3. The Balaban J connectivity index is 2.43. The summed E-state index contributed by atoms with van der Waals surface area (Å²) in [6.07, 6.45) is 5.88. The van der Waals surface area contributed by atoms with Crippen molar-refractivity contribution in [3.8, 4) is 0 Å². The highest BCUT2D eigenvalue weighted by atomic mass is 16.2. The van der Waals surface area contributed by atoms with Crippen LogP contribution in [0, 0.1) is 5.92 Å². The van der Waals surface area contributed by atoms with E-state index in [0.717, 1.165) is 25.9 Å². The molecule has 1 unspecified atom stereocenters. The minimum absolute atomic E-state index is 0.100. The van der Waals surface area contributed by atoms with Gasteiger partial charge in [-0.15, -0.1) is 0 Å². The Morgan fingerprint density at radius 1 is 1.50 bits per heavy atom. The van der Waals surface area contributed by atoms with Crippen molar-refractivity contribution in [3.63, 3.8) is 0 Å². The second-order valence-corrected chi connectivity index (χ2v) is 4.28. The molecule has 0 bridgehead atoms. The molecular formula is C11H20N2O. The van der Waals surface area contributed by atoms with Gasteiger partial charge < -0.3 is 10.6 Å². The van der Waals surface area contributed by atoms with E-state index in [1.165, 1.54) is 0 Å². The van der Waals surface area contributed by atoms with E-state index in [1.807, 2.05) is 11.0 Å². The third kappa shape index (κ3) is 3.14. The molecule has 0 aromatic rings. The van der Waals surface area contributed by atoms with Gasteiger partial charge in [-0.05, 0) is 18.8 Å². The summed E-state index contributed by atoms with van der Waals surface area (Å²) in [5.74, 6) is 0.581. The summed E-state index contributed by atoms with van der Waals surface area (Å²) in [5, 5.41) is 0. The van der Waals surface area contributed by atoms with Crippen LogP contribution in [0.2, 0.25) is 0 Å². The molecule has 1 aliphatic heterocycles. The summed E-state index contributed by atoms with van der Waals surface area (Å²) in [5.41, 5.74) is 5.83. The predicted octanol–water partition coefficient (Wildman–Crippen LogP) is 1.15. The lowest BCUT2D eigenvalue weighted by Gasteiger charge is -2.26. The number of nitrogens with two attached hydrogens (primary N) is 1. The number of nitrogens with zero attached hydrogens (tertiary/aromatic N) is 1. The third-order valence-electron chi connectivity index (χ3n) is 2.41. The maximum atomic E-state index is 11.8. The second kappa shape index (κ2) is 5.15. The zero-order valence-electron chi connectivity index (χ0n) is 9.07. The van der Waals surface area contributed by atoms with Crippen molar-refractivity contribution < 1.29 is 4.79 Å². The summed E-state index contributed by atoms with van der Waals surface area (Å²) in [4.78, 5) is 13.6. The maximum Gasteiger partial charge on any atom is 0.239 e. The largest absolute Gasteiger partial charge is 0.337 e. The van der Waals surface area contributed by atoms with Crippen molar-refractivity contribution >= 4 is 5.91 Å². The van der Waals surface area contributed by atoms with E-state index >= 15 is 0 Å². The Labute approximate surface area is 86.0 Å². The average Bonchev–Trinajstić information content (AvgIpc) is 2.17. The van der Waals surface area contributed by atoms with Gasteiger partial charge >= 0.3 is 0 Å². The van der Waals surface area contributed by atoms with Gasteiger partial charge in [0.05, 0.1) is 6.04 Å². The van der Waals surface area contributed by atoms with Crippen LogP contribution < -0.4 is 5.73 Å². The molecular weight excluding hydrogens is 176 g/mol. The average molecular weight is 196 g/mol. The lowest BCUT2D eigenvalue weighted by molar-refractivity contribution is -0.132. The fraction of sp³-hybridized carbons (Fsp3) is 0.727. The van der Waals surface area contributed by atoms with Crippen LogP contribution in [-0.2, 0) is 4.79 Å². The Bertz CT molecular complexity index is 223. The first-order valence-electron chi connectivity index (χ1n) is 5.30. The van der Waals surface area contributed by atoms with Gasteiger partial charge in [-0.3, -0.25) is 4.79 Å². The Morgan fingerprint density at radius 2 is 2.21 bits per heavy atom. The molecule has 0 aromatic heterocycles. The summed E-state index contributed by atoms with van der Waals surface area (Å²) in [7, 11) is 0. The van der Waals surface area contributed by atoms with Gasteiger partial charge in [0.15, 0.2) is 0 Å². The molecule has 1 rings (SSSR count). The highest BCUT2D eigenvalue weighted by Crippen LogP contribution is 2.08. The first-order valence-corrected chi connectivity index (χ1v) is 5.30. The minimum Gasteiger partial charge on any atom is -0.337 e. The highest BCUT2D eigenvalue weighted by molar-refractivity contribution is 5.81. The molecule has 0 aromatic carbocycles. The molecule has 0 radical (unpaired) electrons. The molecule has 3 nitrogen and oxygen atoms in total. The Hall–Kier alpha value is -0.830. The van der Waals surface area contributed by atoms with Gasteiger partial charge in [0.1, 0.15) is 0 Å². The van der Waals surface area contributed by atoms with Crippen LogP contribution in [0.3, 0.4) is 0 Å². The first kappa shape index (κ1) is 11.2. The van der Waals surface area contributed by atoms with Gasteiger partial charge in [-0.25, -0.2) is 0 Å². The lowest BCUT2D eigenvalue weighted by atomic mass is 10.0. The Morgan fingerprint density at radius 3 is 2.71 bits per heavy atom. The van der Waals surface area contributed by atoms with E-state index in [2.05, 4.69) is 19.9 Å². The van der Waals surface area contributed by atoms with Gasteiger partial charge in [0, 0.05) is 13.1 Å². The second-order valence-electron chi connectivity index (χ2n) is 4.28.